The number of hydrogen-bond donors (Lipinski definition) is 0. The quantitative estimate of drug-likeness (QED) is 0.827. The molecule has 0 radical (unpaired) electrons. The summed E-state index contributed by atoms with van der Waals surface area (Å²) in [6, 6.07) is 7.87. The third-order valence-electron chi connectivity index (χ3n) is 1.60. The fourth-order valence-corrected chi connectivity index (χ4v) is 1.96. The molecule has 0 saturated heterocycles. The summed E-state index contributed by atoms with van der Waals surface area (Å²) >= 11 is 4.95. The molecule has 1 nitrogen and oxygen atoms in total. The van der Waals surface area contributed by atoms with E-state index in [-0.39, 0.29) is 5.78 Å². The van der Waals surface area contributed by atoms with Gasteiger partial charge in [-0.2, -0.15) is 11.8 Å². The largest absolute Gasteiger partial charge is 0.298 e. The summed E-state index contributed by atoms with van der Waals surface area (Å²) in [4.78, 5) is 11.3. The molecule has 0 heterocycles. The minimum atomic E-state index is 0.283. The summed E-state index contributed by atoms with van der Waals surface area (Å²) in [5, 5.41) is 0. The van der Waals surface area contributed by atoms with Crippen LogP contribution in [0, 0.1) is 0 Å². The van der Waals surface area contributed by atoms with Gasteiger partial charge in [-0.1, -0.05) is 28.1 Å². The fraction of sp³-hybridized carbons (Fsp3) is 0.300. The molecule has 1 aromatic carbocycles. The third kappa shape index (κ3) is 3.96. The molecular weight excluding hydrogens is 248 g/mol. The Morgan fingerprint density at radius 3 is 2.92 bits per heavy atom. The monoisotopic (exact) mass is 258 g/mol. The molecule has 0 unspecified atom stereocenters. The van der Waals surface area contributed by atoms with Gasteiger partial charge in [0.25, 0.3) is 0 Å². The number of rotatable bonds is 4. The van der Waals surface area contributed by atoms with Gasteiger partial charge in [-0.05, 0) is 24.0 Å². The van der Waals surface area contributed by atoms with E-state index in [1.165, 1.54) is 0 Å². The van der Waals surface area contributed by atoms with Crippen LogP contribution < -0.4 is 0 Å². The molecule has 0 amide bonds. The Labute approximate surface area is 91.0 Å². The lowest BCUT2D eigenvalue weighted by atomic mass is 10.1. The number of benzene rings is 1. The van der Waals surface area contributed by atoms with Gasteiger partial charge in [-0.3, -0.25) is 4.79 Å². The second-order valence-corrected chi connectivity index (χ2v) is 4.56. The molecule has 0 aliphatic heterocycles. The Balaban J connectivity index is 2.58. The van der Waals surface area contributed by atoms with Crippen LogP contribution in [-0.4, -0.2) is 17.8 Å². The Morgan fingerprint density at radius 2 is 2.31 bits per heavy atom. The predicted molar refractivity (Wildman–Crippen MR) is 61.2 cm³/mol. The van der Waals surface area contributed by atoms with Gasteiger partial charge in [0, 0.05) is 10.9 Å². The average molecular weight is 259 g/mol. The topological polar surface area (TPSA) is 17.1 Å². The molecule has 1 aromatic rings. The van der Waals surface area contributed by atoms with Gasteiger partial charge in [0.2, 0.25) is 0 Å². The van der Waals surface area contributed by atoms with E-state index in [9.17, 15) is 4.79 Å². The van der Waals surface area contributed by atoms with Crippen molar-refractivity contribution in [2.24, 2.45) is 0 Å². The average Bonchev–Trinajstić information content (AvgIpc) is 2.04. The number of thioether (sulfide) groups is 1. The molecule has 0 bridgehead atoms. The van der Waals surface area contributed by atoms with E-state index < -0.39 is 0 Å². The molecule has 0 atom stereocenters. The van der Waals surface area contributed by atoms with Crippen molar-refractivity contribution in [2.75, 3.05) is 12.0 Å². The lowest BCUT2D eigenvalue weighted by Gasteiger charge is -1.99. The molecule has 70 valence electrons. The van der Waals surface area contributed by atoms with E-state index >= 15 is 0 Å². The van der Waals surface area contributed by atoms with Crippen molar-refractivity contribution >= 4 is 33.5 Å². The van der Waals surface area contributed by atoms with Gasteiger partial charge in [-0.15, -0.1) is 0 Å². The second kappa shape index (κ2) is 5.45. The Bertz CT molecular complexity index is 299. The standard InChI is InChI=1S/C10H11BrOS/c1-13-7-10(12)6-8-3-2-4-9(11)5-8/h2-5H,6-7H2,1H3. The van der Waals surface area contributed by atoms with Crippen LogP contribution in [0.25, 0.3) is 0 Å². The minimum absolute atomic E-state index is 0.283. The summed E-state index contributed by atoms with van der Waals surface area (Å²) in [7, 11) is 0. The van der Waals surface area contributed by atoms with Gasteiger partial charge in [0.15, 0.2) is 0 Å². The molecule has 1 rings (SSSR count). The SMILES string of the molecule is CSCC(=O)Cc1cccc(Br)c1. The zero-order chi connectivity index (χ0) is 9.68. The van der Waals surface area contributed by atoms with Crippen molar-refractivity contribution in [3.63, 3.8) is 0 Å². The first kappa shape index (κ1) is 10.8. The second-order valence-electron chi connectivity index (χ2n) is 2.78. The lowest BCUT2D eigenvalue weighted by Crippen LogP contribution is -2.04. The molecule has 0 saturated carbocycles. The van der Waals surface area contributed by atoms with Crippen LogP contribution in [0.3, 0.4) is 0 Å². The van der Waals surface area contributed by atoms with Gasteiger partial charge >= 0.3 is 0 Å². The lowest BCUT2D eigenvalue weighted by molar-refractivity contribution is -0.115. The highest BCUT2D eigenvalue weighted by Gasteiger charge is 2.02. The molecule has 0 aliphatic rings. The number of halogens is 1. The van der Waals surface area contributed by atoms with Gasteiger partial charge in [-0.25, -0.2) is 0 Å². The third-order valence-corrected chi connectivity index (χ3v) is 2.70. The molecular formula is C10H11BrOS. The van der Waals surface area contributed by atoms with E-state index in [0.29, 0.717) is 12.2 Å². The number of Topliss-reactive ketones (excluding diaryl/α,β-unsaturated/α-hetero) is 1. The Hall–Kier alpha value is -0.280. The maximum Gasteiger partial charge on any atom is 0.147 e. The van der Waals surface area contributed by atoms with E-state index in [1.54, 1.807) is 11.8 Å². The first-order chi connectivity index (χ1) is 6.22. The van der Waals surface area contributed by atoms with E-state index in [4.69, 9.17) is 0 Å². The number of carbonyl (C=O) groups excluding carboxylic acids is 1. The highest BCUT2D eigenvalue weighted by molar-refractivity contribution is 9.10. The van der Waals surface area contributed by atoms with Crippen LogP contribution in [0.2, 0.25) is 0 Å². The minimum Gasteiger partial charge on any atom is -0.298 e. The van der Waals surface area contributed by atoms with Crippen LogP contribution in [0.1, 0.15) is 5.56 Å². The highest BCUT2D eigenvalue weighted by atomic mass is 79.9. The molecule has 13 heavy (non-hydrogen) atoms. The van der Waals surface area contributed by atoms with Crippen molar-refractivity contribution in [3.05, 3.63) is 34.3 Å². The van der Waals surface area contributed by atoms with Crippen molar-refractivity contribution in [1.82, 2.24) is 0 Å². The summed E-state index contributed by atoms with van der Waals surface area (Å²) in [6.45, 7) is 0. The number of hydrogen-bond acceptors (Lipinski definition) is 2. The van der Waals surface area contributed by atoms with Crippen LogP contribution in [0.15, 0.2) is 28.7 Å². The molecule has 0 aromatic heterocycles. The molecule has 3 heteroatoms. The summed E-state index contributed by atoms with van der Waals surface area (Å²) in [6.07, 6.45) is 2.49. The van der Waals surface area contributed by atoms with Gasteiger partial charge in [0.05, 0.1) is 5.75 Å². The zero-order valence-corrected chi connectivity index (χ0v) is 9.82. The maximum atomic E-state index is 11.3. The normalized spacial score (nSPS) is 10.0. The van der Waals surface area contributed by atoms with Crippen molar-refractivity contribution in [2.45, 2.75) is 6.42 Å². The predicted octanol–water partition coefficient (Wildman–Crippen LogP) is 2.92. The fourth-order valence-electron chi connectivity index (χ4n) is 1.09. The summed E-state index contributed by atoms with van der Waals surface area (Å²) in [5.74, 6) is 0.887. The van der Waals surface area contributed by atoms with E-state index in [1.807, 2.05) is 30.5 Å². The number of ketones is 1. The Kier molecular flexibility index (Phi) is 4.53. The maximum absolute atomic E-state index is 11.3. The number of carbonyl (C=O) groups is 1. The molecule has 0 aliphatic carbocycles. The molecule has 0 N–H and O–H groups in total. The summed E-state index contributed by atoms with van der Waals surface area (Å²) < 4.78 is 1.03. The highest BCUT2D eigenvalue weighted by Crippen LogP contribution is 2.12. The van der Waals surface area contributed by atoms with Crippen molar-refractivity contribution in [1.29, 1.82) is 0 Å². The van der Waals surface area contributed by atoms with Crippen LogP contribution in [0.5, 0.6) is 0 Å². The molecule has 0 fully saturated rings. The molecule has 0 spiro atoms. The smallest absolute Gasteiger partial charge is 0.147 e. The van der Waals surface area contributed by atoms with Gasteiger partial charge in [0.1, 0.15) is 5.78 Å². The van der Waals surface area contributed by atoms with Gasteiger partial charge < -0.3 is 0 Å². The first-order valence-electron chi connectivity index (χ1n) is 3.97. The van der Waals surface area contributed by atoms with Crippen LogP contribution >= 0.6 is 27.7 Å². The first-order valence-corrected chi connectivity index (χ1v) is 6.16. The zero-order valence-electron chi connectivity index (χ0n) is 7.42. The summed E-state index contributed by atoms with van der Waals surface area (Å²) in [5.41, 5.74) is 1.08. The van der Waals surface area contributed by atoms with Crippen LogP contribution in [-0.2, 0) is 11.2 Å². The van der Waals surface area contributed by atoms with E-state index in [0.717, 1.165) is 10.0 Å². The van der Waals surface area contributed by atoms with Crippen molar-refractivity contribution < 1.29 is 4.79 Å². The van der Waals surface area contributed by atoms with Crippen LogP contribution in [0.4, 0.5) is 0 Å². The van der Waals surface area contributed by atoms with Crippen molar-refractivity contribution in [3.8, 4) is 0 Å². The Morgan fingerprint density at radius 1 is 1.54 bits per heavy atom. The van der Waals surface area contributed by atoms with E-state index in [2.05, 4.69) is 15.9 Å².